The first-order valence-corrected chi connectivity index (χ1v) is 4.84. The molecule has 0 saturated heterocycles. The van der Waals surface area contributed by atoms with Crippen LogP contribution in [0.3, 0.4) is 0 Å². The second-order valence-electron chi connectivity index (χ2n) is 3.55. The quantitative estimate of drug-likeness (QED) is 0.672. The van der Waals surface area contributed by atoms with E-state index in [2.05, 4.69) is 5.32 Å². The summed E-state index contributed by atoms with van der Waals surface area (Å²) in [6, 6.07) is 0. The van der Waals surface area contributed by atoms with Gasteiger partial charge in [-0.3, -0.25) is 0 Å². The molecule has 13 heavy (non-hydrogen) atoms. The number of hydrogen-bond donors (Lipinski definition) is 2. The van der Waals surface area contributed by atoms with Crippen molar-refractivity contribution < 1.29 is 9.53 Å². The fourth-order valence-electron chi connectivity index (χ4n) is 1.77. The summed E-state index contributed by atoms with van der Waals surface area (Å²) in [4.78, 5) is 10.9. The third kappa shape index (κ3) is 3.22. The average molecular weight is 186 g/mol. The van der Waals surface area contributed by atoms with E-state index in [9.17, 15) is 4.79 Å². The summed E-state index contributed by atoms with van der Waals surface area (Å²) >= 11 is 0. The number of nitrogens with one attached hydrogen (secondary N) is 1. The van der Waals surface area contributed by atoms with Gasteiger partial charge in [0.05, 0.1) is 0 Å². The summed E-state index contributed by atoms with van der Waals surface area (Å²) in [7, 11) is 1.57. The predicted molar refractivity (Wildman–Crippen MR) is 50.3 cm³/mol. The number of hydrogen-bond acceptors (Lipinski definition) is 3. The van der Waals surface area contributed by atoms with Crippen LogP contribution in [0, 0.1) is 5.92 Å². The maximum Gasteiger partial charge on any atom is 0.407 e. The molecule has 4 heteroatoms. The Morgan fingerprint density at radius 2 is 2.38 bits per heavy atom. The predicted octanol–water partition coefficient (Wildman–Crippen LogP) is 0.860. The maximum absolute atomic E-state index is 10.9. The molecule has 0 radical (unpaired) electrons. The van der Waals surface area contributed by atoms with E-state index in [0.717, 1.165) is 19.3 Å². The molecule has 3 N–H and O–H groups in total. The number of ether oxygens (including phenoxy) is 1. The molecular formula is C9H18N2O2. The number of carbonyl (C=O) groups is 1. The van der Waals surface area contributed by atoms with E-state index >= 15 is 0 Å². The Balaban J connectivity index is 2.29. The zero-order valence-corrected chi connectivity index (χ0v) is 8.08. The topological polar surface area (TPSA) is 64.3 Å². The Bertz CT molecular complexity index is 173. The largest absolute Gasteiger partial charge is 0.446 e. The van der Waals surface area contributed by atoms with Crippen LogP contribution < -0.4 is 11.1 Å². The molecule has 1 aliphatic rings. The van der Waals surface area contributed by atoms with Crippen molar-refractivity contribution in [2.45, 2.75) is 31.8 Å². The van der Waals surface area contributed by atoms with Crippen LogP contribution in [0.5, 0.6) is 0 Å². The second kappa shape index (κ2) is 5.07. The highest BCUT2D eigenvalue weighted by Gasteiger charge is 2.23. The van der Waals surface area contributed by atoms with Crippen molar-refractivity contribution in [2.75, 3.05) is 13.6 Å². The van der Waals surface area contributed by atoms with E-state index in [4.69, 9.17) is 10.5 Å². The molecule has 1 fully saturated rings. The minimum Gasteiger partial charge on any atom is -0.446 e. The van der Waals surface area contributed by atoms with Crippen molar-refractivity contribution in [3.8, 4) is 0 Å². The van der Waals surface area contributed by atoms with Crippen LogP contribution in [0.15, 0.2) is 0 Å². The van der Waals surface area contributed by atoms with Crippen LogP contribution in [0.1, 0.15) is 25.7 Å². The third-order valence-electron chi connectivity index (χ3n) is 2.55. The van der Waals surface area contributed by atoms with Crippen molar-refractivity contribution in [1.29, 1.82) is 0 Å². The summed E-state index contributed by atoms with van der Waals surface area (Å²) in [6.45, 7) is 0.702. The molecule has 0 aliphatic heterocycles. The van der Waals surface area contributed by atoms with Gasteiger partial charge >= 0.3 is 6.09 Å². The van der Waals surface area contributed by atoms with Crippen LogP contribution in [-0.4, -0.2) is 25.8 Å². The Kier molecular flexibility index (Phi) is 4.02. The second-order valence-corrected chi connectivity index (χ2v) is 3.55. The normalized spacial score (nSPS) is 28.2. The molecular weight excluding hydrogens is 168 g/mol. The smallest absolute Gasteiger partial charge is 0.407 e. The first kappa shape index (κ1) is 10.3. The average Bonchev–Trinajstić information content (AvgIpc) is 2.18. The summed E-state index contributed by atoms with van der Waals surface area (Å²) in [5.74, 6) is 0.531. The molecule has 0 spiro atoms. The lowest BCUT2D eigenvalue weighted by atomic mass is 9.87. The fraction of sp³-hybridized carbons (Fsp3) is 0.889. The van der Waals surface area contributed by atoms with E-state index < -0.39 is 0 Å². The lowest BCUT2D eigenvalue weighted by Gasteiger charge is -2.27. The van der Waals surface area contributed by atoms with E-state index in [1.54, 1.807) is 7.05 Å². The van der Waals surface area contributed by atoms with Crippen LogP contribution >= 0.6 is 0 Å². The summed E-state index contributed by atoms with van der Waals surface area (Å²) in [6.07, 6.45) is 3.92. The van der Waals surface area contributed by atoms with Crippen LogP contribution in [0.2, 0.25) is 0 Å². The zero-order chi connectivity index (χ0) is 9.68. The Hall–Kier alpha value is -0.770. The zero-order valence-electron chi connectivity index (χ0n) is 8.08. The molecule has 1 rings (SSSR count). The van der Waals surface area contributed by atoms with Crippen molar-refractivity contribution in [3.63, 3.8) is 0 Å². The Morgan fingerprint density at radius 1 is 1.62 bits per heavy atom. The third-order valence-corrected chi connectivity index (χ3v) is 2.55. The van der Waals surface area contributed by atoms with Gasteiger partial charge in [-0.1, -0.05) is 0 Å². The number of amides is 1. The first-order valence-electron chi connectivity index (χ1n) is 4.84. The standard InChI is InChI=1S/C9H18N2O2/c1-11-9(12)13-8-4-2-3-7(5-8)6-10/h7-8H,2-6,10H2,1H3,(H,11,12). The molecule has 1 aliphatic carbocycles. The van der Waals surface area contributed by atoms with E-state index in [1.807, 2.05) is 0 Å². The highest BCUT2D eigenvalue weighted by atomic mass is 16.6. The van der Waals surface area contributed by atoms with Crippen LogP contribution in [0.25, 0.3) is 0 Å². The molecule has 1 saturated carbocycles. The van der Waals surface area contributed by atoms with Crippen LogP contribution in [-0.2, 0) is 4.74 Å². The van der Waals surface area contributed by atoms with Crippen molar-refractivity contribution in [1.82, 2.24) is 5.32 Å². The van der Waals surface area contributed by atoms with E-state index in [1.165, 1.54) is 6.42 Å². The highest BCUT2D eigenvalue weighted by Crippen LogP contribution is 2.25. The number of nitrogens with two attached hydrogens (primary N) is 1. The van der Waals surface area contributed by atoms with Gasteiger partial charge in [-0.15, -0.1) is 0 Å². The number of rotatable bonds is 2. The lowest BCUT2D eigenvalue weighted by Crippen LogP contribution is -2.32. The van der Waals surface area contributed by atoms with Gasteiger partial charge in [0.25, 0.3) is 0 Å². The van der Waals surface area contributed by atoms with E-state index in [0.29, 0.717) is 12.5 Å². The minimum absolute atomic E-state index is 0.0715. The van der Waals surface area contributed by atoms with Gasteiger partial charge in [0.15, 0.2) is 0 Å². The molecule has 0 bridgehead atoms. The minimum atomic E-state index is -0.331. The SMILES string of the molecule is CNC(=O)OC1CCCC(CN)C1. The Labute approximate surface area is 78.8 Å². The number of carbonyl (C=O) groups excluding carboxylic acids is 1. The molecule has 0 heterocycles. The summed E-state index contributed by atoms with van der Waals surface area (Å²) < 4.78 is 5.17. The van der Waals surface area contributed by atoms with Gasteiger partial charge in [0.1, 0.15) is 6.10 Å². The van der Waals surface area contributed by atoms with Crippen molar-refractivity contribution >= 4 is 6.09 Å². The van der Waals surface area contributed by atoms with Crippen molar-refractivity contribution in [2.24, 2.45) is 11.7 Å². The van der Waals surface area contributed by atoms with Gasteiger partial charge in [0.2, 0.25) is 0 Å². The molecule has 4 nitrogen and oxygen atoms in total. The number of alkyl carbamates (subject to hydrolysis) is 1. The molecule has 0 aromatic heterocycles. The van der Waals surface area contributed by atoms with Gasteiger partial charge in [-0.2, -0.15) is 0 Å². The summed E-state index contributed by atoms with van der Waals surface area (Å²) in [5.41, 5.74) is 5.57. The molecule has 0 aromatic carbocycles. The molecule has 2 unspecified atom stereocenters. The molecule has 1 amide bonds. The molecule has 76 valence electrons. The van der Waals surface area contributed by atoms with E-state index in [-0.39, 0.29) is 12.2 Å². The summed E-state index contributed by atoms with van der Waals surface area (Å²) in [5, 5.41) is 2.45. The van der Waals surface area contributed by atoms with Gasteiger partial charge in [-0.25, -0.2) is 4.79 Å². The highest BCUT2D eigenvalue weighted by molar-refractivity contribution is 5.66. The molecule has 0 aromatic rings. The van der Waals surface area contributed by atoms with Gasteiger partial charge < -0.3 is 15.8 Å². The van der Waals surface area contributed by atoms with Crippen LogP contribution in [0.4, 0.5) is 4.79 Å². The lowest BCUT2D eigenvalue weighted by molar-refractivity contribution is 0.0622. The van der Waals surface area contributed by atoms with Crippen molar-refractivity contribution in [3.05, 3.63) is 0 Å². The Morgan fingerprint density at radius 3 is 3.00 bits per heavy atom. The maximum atomic E-state index is 10.9. The van der Waals surface area contributed by atoms with Gasteiger partial charge in [-0.05, 0) is 38.1 Å². The fourth-order valence-corrected chi connectivity index (χ4v) is 1.77. The first-order chi connectivity index (χ1) is 6.26. The van der Waals surface area contributed by atoms with Gasteiger partial charge in [0, 0.05) is 7.05 Å². The monoisotopic (exact) mass is 186 g/mol. The molecule has 2 atom stereocenters.